The maximum Gasteiger partial charge on any atom is 0.185 e. The van der Waals surface area contributed by atoms with E-state index < -0.39 is 0 Å². The van der Waals surface area contributed by atoms with Gasteiger partial charge >= 0.3 is 0 Å². The van der Waals surface area contributed by atoms with Crippen molar-refractivity contribution in [2.75, 3.05) is 38.3 Å². The molecule has 5 heteroatoms. The first-order chi connectivity index (χ1) is 10.2. The van der Waals surface area contributed by atoms with Gasteiger partial charge in [0.1, 0.15) is 0 Å². The van der Waals surface area contributed by atoms with Crippen molar-refractivity contribution in [3.8, 4) is 0 Å². The molecule has 1 aromatic heterocycles. The van der Waals surface area contributed by atoms with Gasteiger partial charge in [-0.05, 0) is 31.6 Å². The van der Waals surface area contributed by atoms with E-state index in [9.17, 15) is 0 Å². The second kappa shape index (κ2) is 8.11. The summed E-state index contributed by atoms with van der Waals surface area (Å²) in [5.41, 5.74) is 1.26. The lowest BCUT2D eigenvalue weighted by Crippen LogP contribution is -2.25. The van der Waals surface area contributed by atoms with Gasteiger partial charge in [0.15, 0.2) is 5.13 Å². The third kappa shape index (κ3) is 4.94. The lowest BCUT2D eigenvalue weighted by molar-refractivity contribution is 0.199. The van der Waals surface area contributed by atoms with Crippen LogP contribution in [0.4, 0.5) is 5.13 Å². The Kier molecular flexibility index (Phi) is 6.45. The molecule has 1 saturated carbocycles. The largest absolute Gasteiger partial charge is 0.383 e. The summed E-state index contributed by atoms with van der Waals surface area (Å²) in [7, 11) is 1.74. The number of nitrogens with one attached hydrogen (secondary N) is 1. The van der Waals surface area contributed by atoms with Crippen LogP contribution in [0.3, 0.4) is 0 Å². The van der Waals surface area contributed by atoms with Gasteiger partial charge in [-0.1, -0.05) is 13.8 Å². The number of hydrogen-bond acceptors (Lipinski definition) is 5. The Hall–Kier alpha value is -0.650. The van der Waals surface area contributed by atoms with Gasteiger partial charge in [-0.2, -0.15) is 0 Å². The molecule has 2 rings (SSSR count). The number of methoxy groups -OCH3 is 1. The van der Waals surface area contributed by atoms with Crippen LogP contribution in [-0.4, -0.2) is 38.3 Å². The predicted molar refractivity (Wildman–Crippen MR) is 90.4 cm³/mol. The van der Waals surface area contributed by atoms with E-state index in [1.807, 2.05) is 11.3 Å². The maximum atomic E-state index is 5.09. The van der Waals surface area contributed by atoms with Gasteiger partial charge in [0.05, 0.1) is 12.3 Å². The smallest absolute Gasteiger partial charge is 0.185 e. The third-order valence-corrected chi connectivity index (χ3v) is 4.99. The number of rotatable bonds is 10. The lowest BCUT2D eigenvalue weighted by atomic mass is 10.1. The predicted octanol–water partition coefficient (Wildman–Crippen LogP) is 3.24. The summed E-state index contributed by atoms with van der Waals surface area (Å²) >= 11 is 1.86. The lowest BCUT2D eigenvalue weighted by Gasteiger charge is -2.19. The van der Waals surface area contributed by atoms with Gasteiger partial charge in [-0.3, -0.25) is 0 Å². The Bertz CT molecular complexity index is 429. The number of nitrogens with zero attached hydrogens (tertiary/aromatic N) is 2. The molecule has 1 heterocycles. The molecule has 0 spiro atoms. The van der Waals surface area contributed by atoms with E-state index in [4.69, 9.17) is 9.72 Å². The van der Waals surface area contributed by atoms with E-state index >= 15 is 0 Å². The van der Waals surface area contributed by atoms with Crippen molar-refractivity contribution in [1.82, 2.24) is 10.3 Å². The summed E-state index contributed by atoms with van der Waals surface area (Å²) in [5, 5.41) is 4.65. The van der Waals surface area contributed by atoms with Crippen LogP contribution in [0.2, 0.25) is 0 Å². The van der Waals surface area contributed by atoms with Crippen molar-refractivity contribution in [3.05, 3.63) is 10.6 Å². The highest BCUT2D eigenvalue weighted by Crippen LogP contribution is 2.35. The summed E-state index contributed by atoms with van der Waals surface area (Å²) in [6.07, 6.45) is 2.79. The molecule has 0 unspecified atom stereocenters. The molecule has 0 bridgehead atoms. The van der Waals surface area contributed by atoms with Crippen LogP contribution in [-0.2, 0) is 11.3 Å². The highest BCUT2D eigenvalue weighted by atomic mass is 32.1. The van der Waals surface area contributed by atoms with Gasteiger partial charge in [-0.25, -0.2) is 4.98 Å². The summed E-state index contributed by atoms with van der Waals surface area (Å²) in [5.74, 6) is 1.38. The Morgan fingerprint density at radius 1 is 1.43 bits per heavy atom. The molecule has 1 aliphatic rings. The highest BCUT2D eigenvalue weighted by Gasteiger charge is 2.26. The number of anilines is 1. The molecule has 0 amide bonds. The van der Waals surface area contributed by atoms with Crippen molar-refractivity contribution in [1.29, 1.82) is 0 Å². The van der Waals surface area contributed by atoms with E-state index in [-0.39, 0.29) is 0 Å². The van der Waals surface area contributed by atoms with E-state index in [0.29, 0.717) is 5.92 Å². The Morgan fingerprint density at radius 3 is 2.76 bits per heavy atom. The normalized spacial score (nSPS) is 14.9. The van der Waals surface area contributed by atoms with E-state index in [0.717, 1.165) is 32.2 Å². The molecular weight excluding hydrogens is 282 g/mol. The summed E-state index contributed by atoms with van der Waals surface area (Å²) in [6, 6.07) is 0. The zero-order valence-corrected chi connectivity index (χ0v) is 14.6. The summed E-state index contributed by atoms with van der Waals surface area (Å²) in [6.45, 7) is 11.5. The molecular formula is C16H29N3OS. The molecule has 0 atom stereocenters. The number of ether oxygens (including phenoxy) is 1. The monoisotopic (exact) mass is 311 g/mol. The fraction of sp³-hybridized carbons (Fsp3) is 0.812. The van der Waals surface area contributed by atoms with Crippen LogP contribution in [0.25, 0.3) is 0 Å². The fourth-order valence-electron chi connectivity index (χ4n) is 2.39. The molecule has 0 radical (unpaired) electrons. The molecule has 4 nitrogen and oxygen atoms in total. The van der Waals surface area contributed by atoms with E-state index in [1.165, 1.54) is 35.1 Å². The average Bonchev–Trinajstić information content (AvgIpc) is 3.18. The molecule has 1 aromatic rings. The SMILES string of the molecule is CCN(CC1CC1)c1nc(C(C)C)c(CNCCOC)s1. The molecule has 0 saturated heterocycles. The van der Waals surface area contributed by atoms with Gasteiger partial charge in [0.25, 0.3) is 0 Å². The van der Waals surface area contributed by atoms with Gasteiger partial charge < -0.3 is 15.0 Å². The first kappa shape index (κ1) is 16.7. The van der Waals surface area contributed by atoms with Crippen molar-refractivity contribution >= 4 is 16.5 Å². The van der Waals surface area contributed by atoms with Crippen LogP contribution in [0.1, 0.15) is 50.1 Å². The van der Waals surface area contributed by atoms with E-state index in [1.54, 1.807) is 7.11 Å². The second-order valence-corrected chi connectivity index (χ2v) is 7.17. The average molecular weight is 311 g/mol. The molecule has 21 heavy (non-hydrogen) atoms. The second-order valence-electron chi connectivity index (χ2n) is 6.11. The van der Waals surface area contributed by atoms with Gasteiger partial charge in [-0.15, -0.1) is 11.3 Å². The number of aromatic nitrogens is 1. The number of hydrogen-bond donors (Lipinski definition) is 1. The first-order valence-electron chi connectivity index (χ1n) is 8.09. The standard InChI is InChI=1S/C16H29N3OS/c1-5-19(11-13-6-7-13)16-18-15(12(2)3)14(21-16)10-17-8-9-20-4/h12-13,17H,5-11H2,1-4H3. The molecule has 0 aliphatic heterocycles. The Morgan fingerprint density at radius 2 is 2.19 bits per heavy atom. The molecule has 0 aromatic carbocycles. The fourth-order valence-corrected chi connectivity index (χ4v) is 3.65. The summed E-state index contributed by atoms with van der Waals surface area (Å²) in [4.78, 5) is 8.77. The number of thiazole rings is 1. The molecule has 120 valence electrons. The topological polar surface area (TPSA) is 37.4 Å². The first-order valence-corrected chi connectivity index (χ1v) is 8.91. The quantitative estimate of drug-likeness (QED) is 0.673. The molecule has 1 N–H and O–H groups in total. The maximum absolute atomic E-state index is 5.09. The van der Waals surface area contributed by atoms with Gasteiger partial charge in [0.2, 0.25) is 0 Å². The molecule has 1 aliphatic carbocycles. The highest BCUT2D eigenvalue weighted by molar-refractivity contribution is 7.15. The van der Waals surface area contributed by atoms with Crippen LogP contribution in [0.5, 0.6) is 0 Å². The summed E-state index contributed by atoms with van der Waals surface area (Å²) < 4.78 is 5.09. The van der Waals surface area contributed by atoms with Crippen molar-refractivity contribution in [3.63, 3.8) is 0 Å². The van der Waals surface area contributed by atoms with Crippen LogP contribution in [0, 0.1) is 5.92 Å². The Labute approximate surface area is 132 Å². The minimum Gasteiger partial charge on any atom is -0.383 e. The Balaban J connectivity index is 2.03. The van der Waals surface area contributed by atoms with Gasteiger partial charge in [0, 0.05) is 38.2 Å². The van der Waals surface area contributed by atoms with Crippen LogP contribution < -0.4 is 10.2 Å². The minimum absolute atomic E-state index is 0.480. The zero-order valence-electron chi connectivity index (χ0n) is 13.8. The third-order valence-electron chi connectivity index (χ3n) is 3.86. The van der Waals surface area contributed by atoms with Crippen molar-refractivity contribution in [2.24, 2.45) is 5.92 Å². The van der Waals surface area contributed by atoms with E-state index in [2.05, 4.69) is 31.0 Å². The van der Waals surface area contributed by atoms with Crippen LogP contribution in [0.15, 0.2) is 0 Å². The zero-order chi connectivity index (χ0) is 15.2. The minimum atomic E-state index is 0.480. The molecule has 1 fully saturated rings. The van der Waals surface area contributed by atoms with Crippen LogP contribution >= 0.6 is 11.3 Å². The van der Waals surface area contributed by atoms with Crippen molar-refractivity contribution in [2.45, 2.75) is 46.1 Å². The van der Waals surface area contributed by atoms with Crippen molar-refractivity contribution < 1.29 is 4.74 Å².